The Balaban J connectivity index is 1.83. The van der Waals surface area contributed by atoms with Crippen LogP contribution in [0.25, 0.3) is 0 Å². The first-order valence-corrected chi connectivity index (χ1v) is 13.8. The van der Waals surface area contributed by atoms with Gasteiger partial charge in [0.2, 0.25) is 11.8 Å². The van der Waals surface area contributed by atoms with Crippen molar-refractivity contribution in [1.29, 1.82) is 0 Å². The highest BCUT2D eigenvalue weighted by molar-refractivity contribution is 9.10. The number of carbonyl (C=O) groups is 2. The molecule has 0 fully saturated rings. The van der Waals surface area contributed by atoms with E-state index in [1.54, 1.807) is 16.7 Å². The molecule has 2 amide bonds. The van der Waals surface area contributed by atoms with Crippen LogP contribution in [0.1, 0.15) is 36.1 Å². The third kappa shape index (κ3) is 8.86. The minimum Gasteiger partial charge on any atom is -0.352 e. The standard InChI is InChI=1S/C29H33BrN2O2S/c1-21(2)31-29(34)27(17-23-7-5-4-6-8-23)32(18-24-13-15-26(30)16-14-24)28(33)20-35-19-25-11-9-22(3)10-12-25/h4-16,21,27H,17-20H2,1-3H3,(H,31,34). The molecule has 1 atom stereocenters. The van der Waals surface area contributed by atoms with Gasteiger partial charge in [-0.1, -0.05) is 88.2 Å². The molecule has 1 unspecified atom stereocenters. The van der Waals surface area contributed by atoms with Crippen molar-refractivity contribution in [3.8, 4) is 0 Å². The number of hydrogen-bond donors (Lipinski definition) is 1. The Morgan fingerprint density at radius 1 is 0.886 bits per heavy atom. The first-order chi connectivity index (χ1) is 16.8. The highest BCUT2D eigenvalue weighted by Crippen LogP contribution is 2.20. The Bertz CT molecular complexity index is 1090. The van der Waals surface area contributed by atoms with Crippen molar-refractivity contribution < 1.29 is 9.59 Å². The number of nitrogens with one attached hydrogen (secondary N) is 1. The molecule has 0 bridgehead atoms. The third-order valence-corrected chi connectivity index (χ3v) is 7.10. The van der Waals surface area contributed by atoms with Crippen LogP contribution in [0.15, 0.2) is 83.3 Å². The summed E-state index contributed by atoms with van der Waals surface area (Å²) in [7, 11) is 0. The maximum absolute atomic E-state index is 13.6. The van der Waals surface area contributed by atoms with Gasteiger partial charge in [0.15, 0.2) is 0 Å². The van der Waals surface area contributed by atoms with Crippen molar-refractivity contribution in [2.45, 2.75) is 51.6 Å². The largest absolute Gasteiger partial charge is 0.352 e. The fourth-order valence-electron chi connectivity index (χ4n) is 3.74. The third-order valence-electron chi connectivity index (χ3n) is 5.58. The van der Waals surface area contributed by atoms with Crippen molar-refractivity contribution in [3.05, 3.63) is 106 Å². The molecule has 3 aromatic carbocycles. The smallest absolute Gasteiger partial charge is 0.243 e. The van der Waals surface area contributed by atoms with E-state index >= 15 is 0 Å². The van der Waals surface area contributed by atoms with Crippen molar-refractivity contribution in [2.75, 3.05) is 5.75 Å². The van der Waals surface area contributed by atoms with Crippen LogP contribution in [0.5, 0.6) is 0 Å². The number of amides is 2. The first-order valence-electron chi connectivity index (χ1n) is 11.8. The summed E-state index contributed by atoms with van der Waals surface area (Å²) in [6, 6.07) is 25.6. The van der Waals surface area contributed by atoms with Crippen LogP contribution in [-0.2, 0) is 28.3 Å². The van der Waals surface area contributed by atoms with E-state index in [1.807, 2.05) is 68.4 Å². The van der Waals surface area contributed by atoms with E-state index in [4.69, 9.17) is 0 Å². The lowest BCUT2D eigenvalue weighted by molar-refractivity contribution is -0.139. The van der Waals surface area contributed by atoms with E-state index in [2.05, 4.69) is 52.4 Å². The maximum Gasteiger partial charge on any atom is 0.243 e. The molecule has 0 saturated heterocycles. The minimum absolute atomic E-state index is 0.0127. The lowest BCUT2D eigenvalue weighted by atomic mass is 10.0. The van der Waals surface area contributed by atoms with Crippen LogP contribution >= 0.6 is 27.7 Å². The summed E-state index contributed by atoms with van der Waals surface area (Å²) in [6.45, 7) is 6.32. The highest BCUT2D eigenvalue weighted by atomic mass is 79.9. The molecule has 6 heteroatoms. The molecule has 0 aliphatic carbocycles. The molecule has 0 saturated carbocycles. The Hall–Kier alpha value is -2.57. The highest BCUT2D eigenvalue weighted by Gasteiger charge is 2.30. The topological polar surface area (TPSA) is 49.4 Å². The zero-order valence-corrected chi connectivity index (χ0v) is 22.9. The summed E-state index contributed by atoms with van der Waals surface area (Å²) in [5, 5.41) is 3.03. The van der Waals surface area contributed by atoms with E-state index in [1.165, 1.54) is 11.1 Å². The molecule has 0 heterocycles. The van der Waals surface area contributed by atoms with Crippen LogP contribution in [0.4, 0.5) is 0 Å². The second-order valence-electron chi connectivity index (χ2n) is 9.00. The van der Waals surface area contributed by atoms with E-state index in [-0.39, 0.29) is 17.9 Å². The number of carbonyl (C=O) groups excluding carboxylic acids is 2. The van der Waals surface area contributed by atoms with Gasteiger partial charge in [0.25, 0.3) is 0 Å². The number of benzene rings is 3. The Labute approximate surface area is 221 Å². The molecule has 0 radical (unpaired) electrons. The molecular formula is C29H33BrN2O2S. The normalized spacial score (nSPS) is 11.8. The van der Waals surface area contributed by atoms with Crippen LogP contribution in [0, 0.1) is 6.92 Å². The molecule has 184 valence electrons. The van der Waals surface area contributed by atoms with Gasteiger partial charge in [-0.2, -0.15) is 0 Å². The number of nitrogens with zero attached hydrogens (tertiary/aromatic N) is 1. The van der Waals surface area contributed by atoms with E-state index in [9.17, 15) is 9.59 Å². The van der Waals surface area contributed by atoms with Crippen molar-refractivity contribution in [2.24, 2.45) is 0 Å². The second-order valence-corrected chi connectivity index (χ2v) is 10.9. The predicted octanol–water partition coefficient (Wildman–Crippen LogP) is 6.16. The second kappa shape index (κ2) is 13.5. The quantitative estimate of drug-likeness (QED) is 0.310. The molecule has 0 aliphatic heterocycles. The minimum atomic E-state index is -0.601. The zero-order valence-electron chi connectivity index (χ0n) is 20.5. The fourth-order valence-corrected chi connectivity index (χ4v) is 4.88. The van der Waals surface area contributed by atoms with E-state index in [0.29, 0.717) is 18.7 Å². The summed E-state index contributed by atoms with van der Waals surface area (Å²) in [5.41, 5.74) is 4.42. The number of aryl methyl sites for hydroxylation is 1. The SMILES string of the molecule is Cc1ccc(CSCC(=O)N(Cc2ccc(Br)cc2)C(Cc2ccccc2)C(=O)NC(C)C)cc1. The van der Waals surface area contributed by atoms with E-state index in [0.717, 1.165) is 21.4 Å². The van der Waals surface area contributed by atoms with Crippen molar-refractivity contribution in [3.63, 3.8) is 0 Å². The summed E-state index contributed by atoms with van der Waals surface area (Å²) < 4.78 is 0.978. The molecule has 3 aromatic rings. The van der Waals surface area contributed by atoms with Crippen LogP contribution < -0.4 is 5.32 Å². The Morgan fingerprint density at radius 2 is 1.51 bits per heavy atom. The Kier molecular flexibility index (Phi) is 10.4. The van der Waals surface area contributed by atoms with Crippen LogP contribution in [0.2, 0.25) is 0 Å². The number of hydrogen-bond acceptors (Lipinski definition) is 3. The molecule has 4 nitrogen and oxygen atoms in total. The number of rotatable bonds is 11. The van der Waals surface area contributed by atoms with Gasteiger partial charge in [0.1, 0.15) is 6.04 Å². The van der Waals surface area contributed by atoms with Gasteiger partial charge < -0.3 is 10.2 Å². The van der Waals surface area contributed by atoms with Crippen molar-refractivity contribution in [1.82, 2.24) is 10.2 Å². The molecular weight excluding hydrogens is 520 g/mol. The van der Waals surface area contributed by atoms with Crippen molar-refractivity contribution >= 4 is 39.5 Å². The molecule has 1 N–H and O–H groups in total. The maximum atomic E-state index is 13.6. The van der Waals surface area contributed by atoms with Gasteiger partial charge in [-0.25, -0.2) is 0 Å². The van der Waals surface area contributed by atoms with Gasteiger partial charge in [0.05, 0.1) is 5.75 Å². The monoisotopic (exact) mass is 552 g/mol. The van der Waals surface area contributed by atoms with Gasteiger partial charge in [0, 0.05) is 29.2 Å². The Morgan fingerprint density at radius 3 is 2.14 bits per heavy atom. The molecule has 35 heavy (non-hydrogen) atoms. The van der Waals surface area contributed by atoms with Gasteiger partial charge in [-0.15, -0.1) is 11.8 Å². The first kappa shape index (κ1) is 27.0. The van der Waals surface area contributed by atoms with Gasteiger partial charge in [-0.3, -0.25) is 9.59 Å². The van der Waals surface area contributed by atoms with Crippen LogP contribution in [-0.4, -0.2) is 34.6 Å². The average Bonchev–Trinajstić information content (AvgIpc) is 2.84. The average molecular weight is 554 g/mol. The fraction of sp³-hybridized carbons (Fsp3) is 0.310. The summed E-state index contributed by atoms with van der Waals surface area (Å²) in [5.74, 6) is 0.896. The van der Waals surface area contributed by atoms with Gasteiger partial charge >= 0.3 is 0 Å². The lowest BCUT2D eigenvalue weighted by Crippen LogP contribution is -2.52. The van der Waals surface area contributed by atoms with Crippen LogP contribution in [0.3, 0.4) is 0 Å². The lowest BCUT2D eigenvalue weighted by Gasteiger charge is -2.32. The summed E-state index contributed by atoms with van der Waals surface area (Å²) >= 11 is 5.06. The predicted molar refractivity (Wildman–Crippen MR) is 149 cm³/mol. The zero-order chi connectivity index (χ0) is 25.2. The summed E-state index contributed by atoms with van der Waals surface area (Å²) in [4.78, 5) is 28.7. The number of halogens is 1. The molecule has 0 spiro atoms. The van der Waals surface area contributed by atoms with Gasteiger partial charge in [-0.05, 0) is 49.6 Å². The summed E-state index contributed by atoms with van der Waals surface area (Å²) in [6.07, 6.45) is 0.463. The molecule has 0 aromatic heterocycles. The number of thioether (sulfide) groups is 1. The van der Waals surface area contributed by atoms with E-state index < -0.39 is 6.04 Å². The molecule has 0 aliphatic rings. The molecule has 3 rings (SSSR count).